The van der Waals surface area contributed by atoms with E-state index in [-0.39, 0.29) is 0 Å². The minimum Gasteiger partial charge on any atom is -0.492 e. The molecule has 2 aliphatic heterocycles. The van der Waals surface area contributed by atoms with Gasteiger partial charge >= 0.3 is 0 Å². The molecule has 4 aromatic rings. The largest absolute Gasteiger partial charge is 0.492 e. The quantitative estimate of drug-likeness (QED) is 0.350. The number of aromatic nitrogens is 4. The molecule has 1 atom stereocenters. The second kappa shape index (κ2) is 10.8. The standard InChI is InChI=1S/C29H35N7O/c1-22-8-7-16-35(22)28-12-6-11-27(32-28)31-26-21-25(33-36-17-13-30-29(26)36)23-9-5-10-24(20-23)37-19-18-34-14-3-2-4-15-34/h5-6,9-13,17,20-22H,2-4,7-8,14-16,18-19H2,1H3,(H,31,32). The number of ether oxygens (including phenoxy) is 1. The number of hydrogen-bond acceptors (Lipinski definition) is 7. The lowest BCUT2D eigenvalue weighted by molar-refractivity contribution is 0.183. The summed E-state index contributed by atoms with van der Waals surface area (Å²) in [6.45, 7) is 7.36. The molecule has 0 amide bonds. The highest BCUT2D eigenvalue weighted by Gasteiger charge is 2.21. The molecular weight excluding hydrogens is 462 g/mol. The monoisotopic (exact) mass is 497 g/mol. The first-order valence-electron chi connectivity index (χ1n) is 13.5. The van der Waals surface area contributed by atoms with Gasteiger partial charge in [0.25, 0.3) is 0 Å². The second-order valence-electron chi connectivity index (χ2n) is 10.1. The molecule has 0 spiro atoms. The third-order valence-electron chi connectivity index (χ3n) is 7.46. The molecule has 8 heteroatoms. The average molecular weight is 498 g/mol. The maximum atomic E-state index is 6.12. The van der Waals surface area contributed by atoms with E-state index in [2.05, 4.69) is 51.3 Å². The van der Waals surface area contributed by atoms with Crippen LogP contribution in [0.4, 0.5) is 17.3 Å². The Morgan fingerprint density at radius 2 is 1.89 bits per heavy atom. The van der Waals surface area contributed by atoms with Crippen molar-refractivity contribution in [3.05, 3.63) is 60.9 Å². The van der Waals surface area contributed by atoms with Crippen LogP contribution in [0.15, 0.2) is 60.9 Å². The molecule has 0 aliphatic carbocycles. The van der Waals surface area contributed by atoms with E-state index in [4.69, 9.17) is 14.8 Å². The SMILES string of the molecule is CC1CCCN1c1cccc(Nc2cc(-c3cccc(OCCN4CCCCC4)c3)nn3ccnc23)n1. The van der Waals surface area contributed by atoms with Gasteiger partial charge in [0.15, 0.2) is 5.65 Å². The van der Waals surface area contributed by atoms with E-state index < -0.39 is 0 Å². The summed E-state index contributed by atoms with van der Waals surface area (Å²) in [5, 5.41) is 8.32. The van der Waals surface area contributed by atoms with Crippen molar-refractivity contribution in [1.82, 2.24) is 24.5 Å². The van der Waals surface area contributed by atoms with Crippen LogP contribution >= 0.6 is 0 Å². The van der Waals surface area contributed by atoms with Crippen molar-refractivity contribution in [1.29, 1.82) is 0 Å². The number of rotatable bonds is 8. The van der Waals surface area contributed by atoms with Gasteiger partial charge in [0.2, 0.25) is 0 Å². The molecule has 1 aromatic carbocycles. The minimum absolute atomic E-state index is 0.517. The fourth-order valence-electron chi connectivity index (χ4n) is 5.43. The predicted molar refractivity (Wildman–Crippen MR) is 148 cm³/mol. The number of piperidine rings is 1. The van der Waals surface area contributed by atoms with Crippen molar-refractivity contribution in [2.24, 2.45) is 0 Å². The molecule has 192 valence electrons. The van der Waals surface area contributed by atoms with Gasteiger partial charge in [-0.15, -0.1) is 0 Å². The number of fused-ring (bicyclic) bond motifs is 1. The number of hydrogen-bond donors (Lipinski definition) is 1. The highest BCUT2D eigenvalue weighted by Crippen LogP contribution is 2.29. The van der Waals surface area contributed by atoms with Crippen LogP contribution in [0.25, 0.3) is 16.9 Å². The fraction of sp³-hybridized carbons (Fsp3) is 0.414. The molecule has 5 heterocycles. The van der Waals surface area contributed by atoms with Gasteiger partial charge < -0.3 is 15.0 Å². The van der Waals surface area contributed by atoms with Crippen molar-refractivity contribution in [2.45, 2.75) is 45.1 Å². The van der Waals surface area contributed by atoms with E-state index in [9.17, 15) is 0 Å². The van der Waals surface area contributed by atoms with E-state index in [0.717, 1.165) is 53.1 Å². The van der Waals surface area contributed by atoms with Gasteiger partial charge in [0, 0.05) is 37.1 Å². The van der Waals surface area contributed by atoms with Gasteiger partial charge in [0.05, 0.1) is 11.4 Å². The average Bonchev–Trinajstić information content (AvgIpc) is 3.59. The van der Waals surface area contributed by atoms with E-state index in [0.29, 0.717) is 12.6 Å². The maximum absolute atomic E-state index is 6.12. The number of nitrogens with one attached hydrogen (secondary N) is 1. The smallest absolute Gasteiger partial charge is 0.177 e. The zero-order valence-corrected chi connectivity index (χ0v) is 21.5. The van der Waals surface area contributed by atoms with E-state index in [1.807, 2.05) is 35.0 Å². The summed E-state index contributed by atoms with van der Waals surface area (Å²) in [6, 6.07) is 16.9. The summed E-state index contributed by atoms with van der Waals surface area (Å²) in [4.78, 5) is 14.3. The highest BCUT2D eigenvalue weighted by molar-refractivity contribution is 5.77. The number of pyridine rings is 1. The Hall–Kier alpha value is -3.65. The number of benzene rings is 1. The molecule has 1 N–H and O–H groups in total. The number of likely N-dealkylation sites (tertiary alicyclic amines) is 1. The van der Waals surface area contributed by atoms with E-state index in [1.54, 1.807) is 6.20 Å². The Morgan fingerprint density at radius 1 is 1.00 bits per heavy atom. The Morgan fingerprint density at radius 3 is 2.76 bits per heavy atom. The molecule has 2 fully saturated rings. The topological polar surface area (TPSA) is 70.8 Å². The predicted octanol–water partition coefficient (Wildman–Crippen LogP) is 5.39. The first kappa shape index (κ1) is 23.7. The summed E-state index contributed by atoms with van der Waals surface area (Å²) in [7, 11) is 0. The Bertz CT molecular complexity index is 1350. The van der Waals surface area contributed by atoms with Gasteiger partial charge in [-0.25, -0.2) is 14.5 Å². The molecule has 0 bridgehead atoms. The minimum atomic E-state index is 0.517. The number of anilines is 3. The molecule has 2 saturated heterocycles. The molecular formula is C29H35N7O. The first-order valence-corrected chi connectivity index (χ1v) is 13.5. The van der Waals surface area contributed by atoms with Crippen LogP contribution in [0.5, 0.6) is 5.75 Å². The van der Waals surface area contributed by atoms with Gasteiger partial charge in [-0.1, -0.05) is 24.6 Å². The summed E-state index contributed by atoms with van der Waals surface area (Å²) in [6.07, 6.45) is 10.0. The zero-order valence-electron chi connectivity index (χ0n) is 21.5. The normalized spacial score (nSPS) is 18.4. The third kappa shape index (κ3) is 5.39. The molecule has 1 unspecified atom stereocenters. The summed E-state index contributed by atoms with van der Waals surface area (Å²) in [5.41, 5.74) is 3.48. The molecule has 0 saturated carbocycles. The number of nitrogens with zero attached hydrogens (tertiary/aromatic N) is 6. The van der Waals surface area contributed by atoms with Gasteiger partial charge in [-0.3, -0.25) is 4.90 Å². The van der Waals surface area contributed by atoms with E-state index >= 15 is 0 Å². The Balaban J connectivity index is 1.22. The van der Waals surface area contributed by atoms with Crippen LogP contribution < -0.4 is 15.0 Å². The molecule has 37 heavy (non-hydrogen) atoms. The van der Waals surface area contributed by atoms with Crippen LogP contribution in [0.2, 0.25) is 0 Å². The van der Waals surface area contributed by atoms with Gasteiger partial charge in [-0.05, 0) is 76.0 Å². The molecule has 2 aliphatic rings. The van der Waals surface area contributed by atoms with Crippen molar-refractivity contribution in [3.8, 4) is 17.0 Å². The number of imidazole rings is 1. The van der Waals surface area contributed by atoms with Gasteiger partial charge in [-0.2, -0.15) is 5.10 Å². The van der Waals surface area contributed by atoms with Crippen LogP contribution in [0.3, 0.4) is 0 Å². The van der Waals surface area contributed by atoms with Crippen molar-refractivity contribution in [2.75, 3.05) is 43.0 Å². The molecule has 0 radical (unpaired) electrons. The second-order valence-corrected chi connectivity index (χ2v) is 10.1. The van der Waals surface area contributed by atoms with Crippen LogP contribution in [0, 0.1) is 0 Å². The molecule has 6 rings (SSSR count). The first-order chi connectivity index (χ1) is 18.2. The molecule has 8 nitrogen and oxygen atoms in total. The Labute approximate surface area is 218 Å². The summed E-state index contributed by atoms with van der Waals surface area (Å²) < 4.78 is 7.93. The molecule has 3 aromatic heterocycles. The lowest BCUT2D eigenvalue weighted by Crippen LogP contribution is -2.33. The fourth-order valence-corrected chi connectivity index (χ4v) is 5.43. The van der Waals surface area contributed by atoms with Crippen LogP contribution in [-0.2, 0) is 0 Å². The lowest BCUT2D eigenvalue weighted by Gasteiger charge is -2.26. The summed E-state index contributed by atoms with van der Waals surface area (Å²) >= 11 is 0. The van der Waals surface area contributed by atoms with Crippen molar-refractivity contribution < 1.29 is 4.74 Å². The van der Waals surface area contributed by atoms with E-state index in [1.165, 1.54) is 45.2 Å². The maximum Gasteiger partial charge on any atom is 0.177 e. The zero-order chi connectivity index (χ0) is 25.0. The third-order valence-corrected chi connectivity index (χ3v) is 7.46. The highest BCUT2D eigenvalue weighted by atomic mass is 16.5. The summed E-state index contributed by atoms with van der Waals surface area (Å²) in [5.74, 6) is 2.68. The van der Waals surface area contributed by atoms with Crippen LogP contribution in [0.1, 0.15) is 39.0 Å². The van der Waals surface area contributed by atoms with Gasteiger partial charge in [0.1, 0.15) is 24.0 Å². The van der Waals surface area contributed by atoms with Crippen molar-refractivity contribution >= 4 is 23.0 Å². The Kier molecular flexibility index (Phi) is 6.90. The van der Waals surface area contributed by atoms with Crippen LogP contribution in [-0.4, -0.2) is 63.3 Å². The van der Waals surface area contributed by atoms with Crippen molar-refractivity contribution in [3.63, 3.8) is 0 Å². The lowest BCUT2D eigenvalue weighted by atomic mass is 10.1.